The molecule has 34 nitrogen and oxygen atoms in total. The number of aromatic amines is 1. The van der Waals surface area contributed by atoms with Crippen molar-refractivity contribution in [1.29, 1.82) is 0 Å². The Morgan fingerprint density at radius 3 is 1.50 bits per heavy atom. The van der Waals surface area contributed by atoms with E-state index in [0.29, 0.717) is 76.4 Å². The van der Waals surface area contributed by atoms with Gasteiger partial charge in [-0.3, -0.25) is 72.1 Å². The number of aromatic hydroxyl groups is 1. The number of benzene rings is 2. The molecule has 0 spiro atoms. The van der Waals surface area contributed by atoms with Crippen LogP contribution in [0.5, 0.6) is 5.75 Å². The standard InChI is InChI=1S/C71H113N19O15/c1-42(2)35-54(63(73)98)89-68(103)55(36-43(3)4)87-62(97)41-82-64(99)44(5)83-65(100)45(6)84-67(102)53(22-18-34-79-71(74)75)86-61(96)40-81-60(95)25-12-16-32-77-58(93)23-11-15-31-76-59(94)24-13-17-33-78-66(101)52(21-10-14-30-72)88-69(104)56(37-47-26-28-49(92)29-27-47)90-70(105)57(85-46(7)91)38-48-39-80-51-20-9-8-19-50(48)51/h8-9,19-20,26-29,39,42-45,52-57,80,92H,10-18,21-25,30-38,40-41,72H2,1-7H3,(H2,73,98)(H,76,94)(H,77,93)(H,78,101)(H,81,95)(H,82,99)(H,83,100)(H,84,102)(H,85,91)(H,86,96)(H,87,97)(H,88,104)(H,89,103)(H,90,105)(H4,74,75,79)/t44-,45-,52-,53-,54-,55-,56-,57-/m0/s1. The van der Waals surface area contributed by atoms with Gasteiger partial charge in [0.25, 0.3) is 0 Å². The first kappa shape index (κ1) is 88.8. The number of hydrogen-bond donors (Lipinski definition) is 19. The number of nitrogens with two attached hydrogens (primary N) is 4. The Labute approximate surface area is 613 Å². The quantitative estimate of drug-likeness (QED) is 0.0173. The summed E-state index contributed by atoms with van der Waals surface area (Å²) >= 11 is 0. The van der Waals surface area contributed by atoms with Crippen LogP contribution in [0, 0.1) is 11.8 Å². The topological polar surface area (TPSA) is 548 Å². The van der Waals surface area contributed by atoms with Gasteiger partial charge in [0.05, 0.1) is 13.1 Å². The number of rotatable bonds is 51. The third kappa shape index (κ3) is 37.0. The summed E-state index contributed by atoms with van der Waals surface area (Å²) in [7, 11) is 0. The van der Waals surface area contributed by atoms with Crippen LogP contribution >= 0.6 is 0 Å². The highest BCUT2D eigenvalue weighted by Gasteiger charge is 2.32. The highest BCUT2D eigenvalue weighted by molar-refractivity contribution is 5.98. The smallest absolute Gasteiger partial charge is 0.243 e. The van der Waals surface area contributed by atoms with Gasteiger partial charge < -0.3 is 102 Å². The second kappa shape index (κ2) is 48.5. The minimum absolute atomic E-state index is 0.00509. The Kier molecular flexibility index (Phi) is 41.0. The first-order valence-corrected chi connectivity index (χ1v) is 36.0. The molecule has 0 unspecified atom stereocenters. The van der Waals surface area contributed by atoms with Crippen molar-refractivity contribution in [3.63, 3.8) is 0 Å². The molecule has 34 heteroatoms. The van der Waals surface area contributed by atoms with Crippen molar-refractivity contribution in [2.45, 2.75) is 212 Å². The van der Waals surface area contributed by atoms with Crippen molar-refractivity contribution >= 4 is 99.6 Å². The van der Waals surface area contributed by atoms with Crippen LogP contribution in [0.15, 0.2) is 59.7 Å². The lowest BCUT2D eigenvalue weighted by Gasteiger charge is -2.25. The van der Waals surface area contributed by atoms with Gasteiger partial charge in [0.2, 0.25) is 82.7 Å². The minimum Gasteiger partial charge on any atom is -0.508 e. The molecular formula is C71H113N19O15. The number of aromatic nitrogens is 1. The highest BCUT2D eigenvalue weighted by Crippen LogP contribution is 2.20. The number of nitrogens with one attached hydrogen (secondary N) is 14. The van der Waals surface area contributed by atoms with E-state index in [0.717, 1.165) is 16.5 Å². The number of guanidine groups is 1. The van der Waals surface area contributed by atoms with Crippen molar-refractivity contribution in [3.8, 4) is 5.75 Å². The van der Waals surface area contributed by atoms with Crippen LogP contribution in [-0.4, -0.2) is 193 Å². The molecule has 0 aliphatic carbocycles. The van der Waals surface area contributed by atoms with E-state index in [2.05, 4.69) is 79.1 Å². The average molecular weight is 1470 g/mol. The molecule has 0 fully saturated rings. The van der Waals surface area contributed by atoms with Crippen LogP contribution in [0.1, 0.15) is 162 Å². The SMILES string of the molecule is CC(=O)N[C@@H](Cc1c[nH]c2ccccc12)C(=O)N[C@@H](Cc1ccc(O)cc1)C(=O)N[C@@H](CCCCN)C(=O)NCCCCC(=O)NCCCCC(=O)NCCCCC(=O)NCC(=O)N[C@@H](CCCN=C(N)N)C(=O)N[C@@H](C)C(=O)N[C@@H](C)C(=O)NCC(=O)N[C@@H](CC(C)C)C(=O)N[C@@H](CC(C)C)C(N)=O. The molecule has 3 aromatic rings. The summed E-state index contributed by atoms with van der Waals surface area (Å²) in [4.78, 5) is 190. The number of phenolic OH excluding ortho intramolecular Hbond substituents is 1. The molecule has 3 rings (SSSR count). The van der Waals surface area contributed by atoms with Gasteiger partial charge in [-0.2, -0.15) is 0 Å². The van der Waals surface area contributed by atoms with Crippen LogP contribution < -0.4 is 92.1 Å². The van der Waals surface area contributed by atoms with Gasteiger partial charge in [-0.25, -0.2) is 0 Å². The van der Waals surface area contributed by atoms with Gasteiger partial charge in [0, 0.05) is 82.3 Å². The fraction of sp³-hybridized carbons (Fsp3) is 0.592. The monoisotopic (exact) mass is 1470 g/mol. The molecule has 0 saturated heterocycles. The number of H-pyrrole nitrogens is 1. The van der Waals surface area contributed by atoms with Crippen LogP contribution in [0.3, 0.4) is 0 Å². The Balaban J connectivity index is 1.36. The molecule has 23 N–H and O–H groups in total. The van der Waals surface area contributed by atoms with Crippen LogP contribution in [-0.2, 0) is 80.0 Å². The van der Waals surface area contributed by atoms with Gasteiger partial charge in [-0.1, -0.05) is 58.0 Å². The first-order valence-electron chi connectivity index (χ1n) is 36.0. The van der Waals surface area contributed by atoms with Gasteiger partial charge in [0.1, 0.15) is 54.1 Å². The fourth-order valence-electron chi connectivity index (χ4n) is 10.9. The molecular weight excluding hydrogens is 1360 g/mol. The van der Waals surface area contributed by atoms with E-state index >= 15 is 0 Å². The maximum absolute atomic E-state index is 14.1. The maximum Gasteiger partial charge on any atom is 0.243 e. The largest absolute Gasteiger partial charge is 0.508 e. The van der Waals surface area contributed by atoms with Crippen molar-refractivity contribution in [2.75, 3.05) is 45.8 Å². The van der Waals surface area contributed by atoms with E-state index in [9.17, 15) is 72.2 Å². The Morgan fingerprint density at radius 2 is 0.924 bits per heavy atom. The summed E-state index contributed by atoms with van der Waals surface area (Å²) in [5.74, 6) is -8.35. The number of unbranched alkanes of at least 4 members (excludes halogenated alkanes) is 4. The normalized spacial score (nSPS) is 13.3. The Bertz CT molecular complexity index is 3380. The predicted octanol–water partition coefficient (Wildman–Crippen LogP) is -1.55. The molecule has 0 radical (unpaired) electrons. The number of carbonyl (C=O) groups is 14. The van der Waals surface area contributed by atoms with Gasteiger partial charge in [-0.05, 0) is 145 Å². The van der Waals surface area contributed by atoms with Crippen molar-refractivity contribution in [2.24, 2.45) is 39.8 Å². The maximum atomic E-state index is 14.1. The third-order valence-electron chi connectivity index (χ3n) is 16.5. The van der Waals surface area contributed by atoms with E-state index in [4.69, 9.17) is 22.9 Å². The van der Waals surface area contributed by atoms with Gasteiger partial charge in [0.15, 0.2) is 5.96 Å². The lowest BCUT2D eigenvalue weighted by atomic mass is 10.0. The first-order chi connectivity index (χ1) is 49.8. The van der Waals surface area contributed by atoms with Crippen LogP contribution in [0.2, 0.25) is 0 Å². The molecule has 0 saturated carbocycles. The molecule has 582 valence electrons. The summed E-state index contributed by atoms with van der Waals surface area (Å²) in [5.41, 5.74) is 24.3. The zero-order valence-electron chi connectivity index (χ0n) is 61.6. The third-order valence-corrected chi connectivity index (χ3v) is 16.5. The second-order valence-electron chi connectivity index (χ2n) is 26.8. The van der Waals surface area contributed by atoms with Crippen molar-refractivity contribution in [3.05, 3.63) is 65.9 Å². The lowest BCUT2D eigenvalue weighted by molar-refractivity contribution is -0.134. The second-order valence-corrected chi connectivity index (χ2v) is 26.8. The number of hydrogen-bond acceptors (Lipinski definition) is 17. The summed E-state index contributed by atoms with van der Waals surface area (Å²) in [6, 6.07) is 4.74. The summed E-state index contributed by atoms with van der Waals surface area (Å²) in [6.45, 7) is 11.6. The van der Waals surface area contributed by atoms with E-state index in [1.54, 1.807) is 18.3 Å². The minimum atomic E-state index is -1.23. The number of fused-ring (bicyclic) bond motifs is 1. The van der Waals surface area contributed by atoms with Crippen molar-refractivity contribution < 1.29 is 72.2 Å². The summed E-state index contributed by atoms with van der Waals surface area (Å²) in [5, 5.41) is 45.2. The molecule has 0 aliphatic heterocycles. The Morgan fingerprint density at radius 1 is 0.448 bits per heavy atom. The van der Waals surface area contributed by atoms with Crippen molar-refractivity contribution in [1.82, 2.24) is 74.1 Å². The molecule has 14 amide bonds. The predicted molar refractivity (Wildman–Crippen MR) is 394 cm³/mol. The number of para-hydroxylation sites is 1. The molecule has 1 heterocycles. The number of carbonyl (C=O) groups excluding carboxylic acids is 14. The lowest BCUT2D eigenvalue weighted by Crippen LogP contribution is -2.57. The van der Waals surface area contributed by atoms with E-state index in [1.165, 1.54) is 32.9 Å². The zero-order chi connectivity index (χ0) is 78.0. The number of amides is 14. The fourth-order valence-corrected chi connectivity index (χ4v) is 10.9. The van der Waals surface area contributed by atoms with Gasteiger partial charge in [-0.15, -0.1) is 0 Å². The molecule has 8 atom stereocenters. The molecule has 1 aromatic heterocycles. The summed E-state index contributed by atoms with van der Waals surface area (Å²) in [6.07, 6.45) is 7.09. The van der Waals surface area contributed by atoms with E-state index < -0.39 is 132 Å². The van der Waals surface area contributed by atoms with Crippen LogP contribution in [0.25, 0.3) is 10.9 Å². The highest BCUT2D eigenvalue weighted by atomic mass is 16.3. The molecule has 2 aromatic carbocycles. The van der Waals surface area contributed by atoms with E-state index in [1.807, 2.05) is 52.0 Å². The molecule has 0 bridgehead atoms. The molecule has 0 aliphatic rings. The number of phenols is 1. The van der Waals surface area contributed by atoms with Crippen LogP contribution in [0.4, 0.5) is 0 Å². The summed E-state index contributed by atoms with van der Waals surface area (Å²) < 4.78 is 0. The number of nitrogens with zero attached hydrogens (tertiary/aromatic N) is 1. The van der Waals surface area contributed by atoms with E-state index in [-0.39, 0.29) is 113 Å². The number of primary amides is 1. The Hall–Kier alpha value is -10.4. The molecule has 105 heavy (non-hydrogen) atoms. The number of aliphatic imine (C=N–C) groups is 1. The van der Waals surface area contributed by atoms with Gasteiger partial charge >= 0.3 is 0 Å². The zero-order valence-corrected chi connectivity index (χ0v) is 61.6. The average Bonchev–Trinajstić information content (AvgIpc) is 1.66.